The number of halogens is 1. The van der Waals surface area contributed by atoms with Crippen molar-refractivity contribution in [3.63, 3.8) is 0 Å². The van der Waals surface area contributed by atoms with Crippen LogP contribution in [0.1, 0.15) is 22.7 Å². The van der Waals surface area contributed by atoms with Crippen molar-refractivity contribution in [2.24, 2.45) is 5.84 Å². The van der Waals surface area contributed by atoms with Crippen LogP contribution in [0.2, 0.25) is 0 Å². The van der Waals surface area contributed by atoms with Crippen molar-refractivity contribution in [2.45, 2.75) is 13.0 Å². The van der Waals surface area contributed by atoms with E-state index in [1.165, 1.54) is 5.56 Å². The molecule has 3 N–H and O–H groups in total. The maximum Gasteiger partial charge on any atom is 0.0719 e. The number of nitrogens with one attached hydrogen (secondary N) is 1. The number of hydrogen-bond acceptors (Lipinski definition) is 3. The summed E-state index contributed by atoms with van der Waals surface area (Å²) in [5.74, 6) is 5.86. The number of aromatic nitrogens is 1. The number of benzene rings is 2. The molecule has 0 aliphatic heterocycles. The van der Waals surface area contributed by atoms with Crippen LogP contribution in [0.4, 0.5) is 0 Å². The highest BCUT2D eigenvalue weighted by atomic mass is 79.9. The Bertz CT molecular complexity index is 781. The Morgan fingerprint density at radius 1 is 1.10 bits per heavy atom. The Morgan fingerprint density at radius 2 is 1.95 bits per heavy atom. The van der Waals surface area contributed by atoms with Gasteiger partial charge in [0, 0.05) is 16.1 Å². The van der Waals surface area contributed by atoms with Crippen molar-refractivity contribution in [3.05, 3.63) is 75.9 Å². The number of fused-ring (bicyclic) bond motifs is 1. The highest BCUT2D eigenvalue weighted by Crippen LogP contribution is 2.30. The average Bonchev–Trinajstić information content (AvgIpc) is 2.51. The van der Waals surface area contributed by atoms with Gasteiger partial charge >= 0.3 is 0 Å². The van der Waals surface area contributed by atoms with E-state index in [4.69, 9.17) is 5.84 Å². The number of nitrogens with two attached hydrogens (primary N) is 1. The largest absolute Gasteiger partial charge is 0.271 e. The highest BCUT2D eigenvalue weighted by molar-refractivity contribution is 9.10. The van der Waals surface area contributed by atoms with Crippen LogP contribution in [0.25, 0.3) is 10.9 Å². The van der Waals surface area contributed by atoms with Crippen molar-refractivity contribution in [1.82, 2.24) is 10.4 Å². The lowest BCUT2D eigenvalue weighted by molar-refractivity contribution is 0.637. The Morgan fingerprint density at radius 3 is 2.76 bits per heavy atom. The quantitative estimate of drug-likeness (QED) is 0.561. The standard InChI is InChI=1S/C17H16BrN3/c1-11-7-8-12(18)10-15(11)17(21-19)14-4-2-6-16-13(14)5-3-9-20-16/h2-10,17,21H,19H2,1H3. The fourth-order valence-electron chi connectivity index (χ4n) is 2.65. The molecule has 0 fully saturated rings. The molecular weight excluding hydrogens is 326 g/mol. The molecule has 1 unspecified atom stereocenters. The van der Waals surface area contributed by atoms with Crippen molar-refractivity contribution in [1.29, 1.82) is 0 Å². The zero-order valence-corrected chi connectivity index (χ0v) is 13.3. The third-order valence-corrected chi connectivity index (χ3v) is 4.20. The van der Waals surface area contributed by atoms with Gasteiger partial charge in [-0.1, -0.05) is 40.2 Å². The van der Waals surface area contributed by atoms with E-state index in [2.05, 4.69) is 57.5 Å². The number of pyridine rings is 1. The van der Waals surface area contributed by atoms with Crippen LogP contribution in [0.5, 0.6) is 0 Å². The molecule has 1 atom stereocenters. The number of aryl methyl sites for hydroxylation is 1. The number of hydrazine groups is 1. The third kappa shape index (κ3) is 2.70. The van der Waals surface area contributed by atoms with Gasteiger partial charge in [0.25, 0.3) is 0 Å². The van der Waals surface area contributed by atoms with E-state index in [0.29, 0.717) is 0 Å². The molecule has 4 heteroatoms. The third-order valence-electron chi connectivity index (χ3n) is 3.71. The molecule has 0 saturated heterocycles. The van der Waals surface area contributed by atoms with Gasteiger partial charge in [-0.2, -0.15) is 0 Å². The van der Waals surface area contributed by atoms with Gasteiger partial charge in [-0.15, -0.1) is 0 Å². The lowest BCUT2D eigenvalue weighted by atomic mass is 9.93. The Balaban J connectivity index is 2.21. The van der Waals surface area contributed by atoms with E-state index in [-0.39, 0.29) is 6.04 Å². The summed E-state index contributed by atoms with van der Waals surface area (Å²) >= 11 is 3.54. The Kier molecular flexibility index (Phi) is 4.01. The summed E-state index contributed by atoms with van der Waals surface area (Å²) in [5, 5.41) is 1.11. The van der Waals surface area contributed by atoms with Crippen LogP contribution in [0.15, 0.2) is 59.2 Å². The van der Waals surface area contributed by atoms with Crippen molar-refractivity contribution < 1.29 is 0 Å². The minimum atomic E-state index is -0.0737. The minimum absolute atomic E-state index is 0.0737. The second-order valence-electron chi connectivity index (χ2n) is 5.02. The molecular formula is C17H16BrN3. The summed E-state index contributed by atoms with van der Waals surface area (Å²) in [6.07, 6.45) is 1.81. The van der Waals surface area contributed by atoms with Crippen LogP contribution in [-0.4, -0.2) is 4.98 Å². The highest BCUT2D eigenvalue weighted by Gasteiger charge is 2.17. The molecule has 0 spiro atoms. The smallest absolute Gasteiger partial charge is 0.0719 e. The molecule has 3 nitrogen and oxygen atoms in total. The molecule has 21 heavy (non-hydrogen) atoms. The minimum Gasteiger partial charge on any atom is -0.271 e. The first-order valence-corrected chi connectivity index (χ1v) is 7.56. The first kappa shape index (κ1) is 14.2. The summed E-state index contributed by atoms with van der Waals surface area (Å²) < 4.78 is 1.04. The lowest BCUT2D eigenvalue weighted by Crippen LogP contribution is -2.29. The lowest BCUT2D eigenvalue weighted by Gasteiger charge is -2.21. The molecule has 106 valence electrons. The number of hydrogen-bond donors (Lipinski definition) is 2. The normalized spacial score (nSPS) is 12.5. The Hall–Kier alpha value is -1.75. The first-order chi connectivity index (χ1) is 10.2. The first-order valence-electron chi connectivity index (χ1n) is 6.76. The van der Waals surface area contributed by atoms with E-state index in [1.54, 1.807) is 6.20 Å². The zero-order chi connectivity index (χ0) is 14.8. The van der Waals surface area contributed by atoms with Gasteiger partial charge in [0.1, 0.15) is 0 Å². The molecule has 0 amide bonds. The average molecular weight is 342 g/mol. The Labute approximate surface area is 132 Å². The molecule has 3 aromatic rings. The van der Waals surface area contributed by atoms with Crippen molar-refractivity contribution >= 4 is 26.8 Å². The van der Waals surface area contributed by atoms with Crippen molar-refractivity contribution in [2.75, 3.05) is 0 Å². The van der Waals surface area contributed by atoms with Gasteiger partial charge in [-0.05, 0) is 47.9 Å². The van der Waals surface area contributed by atoms with Gasteiger partial charge in [0.05, 0.1) is 11.6 Å². The summed E-state index contributed by atoms with van der Waals surface area (Å²) in [5.41, 5.74) is 7.40. The predicted octanol–water partition coefficient (Wildman–Crippen LogP) is 3.86. The SMILES string of the molecule is Cc1ccc(Br)cc1C(NN)c1cccc2ncccc12. The molecule has 0 bridgehead atoms. The monoisotopic (exact) mass is 341 g/mol. The van der Waals surface area contributed by atoms with Crippen LogP contribution in [0, 0.1) is 6.92 Å². The van der Waals surface area contributed by atoms with Gasteiger partial charge in [0.15, 0.2) is 0 Å². The number of nitrogens with zero attached hydrogens (tertiary/aromatic N) is 1. The fraction of sp³-hybridized carbons (Fsp3) is 0.118. The molecule has 0 aliphatic carbocycles. The van der Waals surface area contributed by atoms with Crippen LogP contribution < -0.4 is 11.3 Å². The second-order valence-corrected chi connectivity index (χ2v) is 5.93. The zero-order valence-electron chi connectivity index (χ0n) is 11.7. The molecule has 0 radical (unpaired) electrons. The topological polar surface area (TPSA) is 50.9 Å². The maximum absolute atomic E-state index is 5.86. The maximum atomic E-state index is 5.86. The molecule has 3 rings (SSSR count). The summed E-state index contributed by atoms with van der Waals surface area (Å²) in [4.78, 5) is 4.41. The van der Waals surface area contributed by atoms with Crippen molar-refractivity contribution in [3.8, 4) is 0 Å². The van der Waals surface area contributed by atoms with E-state index in [0.717, 1.165) is 26.5 Å². The molecule has 1 heterocycles. The summed E-state index contributed by atoms with van der Waals surface area (Å²) in [6.45, 7) is 2.09. The molecule has 1 aromatic heterocycles. The van der Waals surface area contributed by atoms with E-state index in [9.17, 15) is 0 Å². The summed E-state index contributed by atoms with van der Waals surface area (Å²) in [6, 6.07) is 16.3. The van der Waals surface area contributed by atoms with Crippen LogP contribution in [-0.2, 0) is 0 Å². The van der Waals surface area contributed by atoms with Crippen LogP contribution >= 0.6 is 15.9 Å². The number of rotatable bonds is 3. The van der Waals surface area contributed by atoms with Crippen LogP contribution in [0.3, 0.4) is 0 Å². The van der Waals surface area contributed by atoms with E-state index >= 15 is 0 Å². The van der Waals surface area contributed by atoms with E-state index < -0.39 is 0 Å². The fourth-order valence-corrected chi connectivity index (χ4v) is 3.03. The van der Waals surface area contributed by atoms with E-state index in [1.807, 2.05) is 24.3 Å². The molecule has 0 aliphatic rings. The van der Waals surface area contributed by atoms with Gasteiger partial charge in [-0.3, -0.25) is 10.8 Å². The molecule has 2 aromatic carbocycles. The summed E-state index contributed by atoms with van der Waals surface area (Å²) in [7, 11) is 0. The second kappa shape index (κ2) is 5.93. The van der Waals surface area contributed by atoms with Gasteiger partial charge in [0.2, 0.25) is 0 Å². The van der Waals surface area contributed by atoms with Gasteiger partial charge in [-0.25, -0.2) is 5.43 Å². The van der Waals surface area contributed by atoms with Gasteiger partial charge < -0.3 is 0 Å². The predicted molar refractivity (Wildman–Crippen MR) is 89.8 cm³/mol. The molecule has 0 saturated carbocycles.